The Kier molecular flexibility index (Phi) is 6.70. The molecule has 34 heavy (non-hydrogen) atoms. The summed E-state index contributed by atoms with van der Waals surface area (Å²) in [6.07, 6.45) is 5.10. The number of halogens is 1. The Morgan fingerprint density at radius 3 is 2.38 bits per heavy atom. The number of anilines is 1. The summed E-state index contributed by atoms with van der Waals surface area (Å²) in [5, 5.41) is 0.675. The van der Waals surface area contributed by atoms with Gasteiger partial charge in [-0.15, -0.1) is 0 Å². The lowest BCUT2D eigenvalue weighted by molar-refractivity contribution is 0.122. The standard InChI is InChI=1S/C27H29ClN4O2/c1-2-3-4-13-31-25(21-7-11-23(12-8-21)30-14-16-34-17-15-30)18-26(33)32-19-24(29-27(31)32)20-5-9-22(28)10-6-20/h5-12,18-19H,2-4,13-17H2,1H3. The van der Waals surface area contributed by atoms with Gasteiger partial charge in [-0.05, 0) is 36.2 Å². The topological polar surface area (TPSA) is 51.8 Å². The van der Waals surface area contributed by atoms with Crippen LogP contribution in [0.3, 0.4) is 0 Å². The second-order valence-corrected chi connectivity index (χ2v) is 9.11. The molecule has 2 aromatic heterocycles. The fourth-order valence-corrected chi connectivity index (χ4v) is 4.63. The number of aromatic nitrogens is 3. The van der Waals surface area contributed by atoms with Crippen molar-refractivity contribution >= 4 is 23.1 Å². The summed E-state index contributed by atoms with van der Waals surface area (Å²) in [7, 11) is 0. The first-order valence-corrected chi connectivity index (χ1v) is 12.3. The van der Waals surface area contributed by atoms with Crippen LogP contribution in [0.2, 0.25) is 5.02 Å². The van der Waals surface area contributed by atoms with Gasteiger partial charge in [-0.3, -0.25) is 9.20 Å². The molecule has 0 N–H and O–H groups in total. The summed E-state index contributed by atoms with van der Waals surface area (Å²) in [6.45, 7) is 6.30. The summed E-state index contributed by atoms with van der Waals surface area (Å²) >= 11 is 6.06. The minimum absolute atomic E-state index is 0.0817. The number of aryl methyl sites for hydroxylation is 1. The van der Waals surface area contributed by atoms with Gasteiger partial charge >= 0.3 is 0 Å². The van der Waals surface area contributed by atoms with Crippen molar-refractivity contribution in [3.8, 4) is 22.5 Å². The van der Waals surface area contributed by atoms with Crippen LogP contribution in [-0.4, -0.2) is 40.3 Å². The van der Waals surface area contributed by atoms with Gasteiger partial charge in [0.1, 0.15) is 0 Å². The molecular weight excluding hydrogens is 448 g/mol. The molecular formula is C27H29ClN4O2. The molecule has 5 rings (SSSR count). The van der Waals surface area contributed by atoms with Gasteiger partial charge in [0, 0.05) is 48.2 Å². The number of hydrogen-bond donors (Lipinski definition) is 0. The average Bonchev–Trinajstić information content (AvgIpc) is 3.33. The lowest BCUT2D eigenvalue weighted by Gasteiger charge is -2.29. The van der Waals surface area contributed by atoms with Crippen LogP contribution >= 0.6 is 11.6 Å². The Hall–Kier alpha value is -3.09. The predicted molar refractivity (Wildman–Crippen MR) is 138 cm³/mol. The van der Waals surface area contributed by atoms with Crippen LogP contribution in [0.15, 0.2) is 65.6 Å². The summed E-state index contributed by atoms with van der Waals surface area (Å²) < 4.78 is 9.31. The molecule has 7 heteroatoms. The molecule has 0 atom stereocenters. The van der Waals surface area contributed by atoms with Crippen LogP contribution < -0.4 is 10.5 Å². The third kappa shape index (κ3) is 4.61. The molecule has 176 valence electrons. The van der Waals surface area contributed by atoms with E-state index in [1.54, 1.807) is 10.5 Å². The van der Waals surface area contributed by atoms with Crippen LogP contribution in [0.4, 0.5) is 5.69 Å². The Morgan fingerprint density at radius 1 is 0.971 bits per heavy atom. The van der Waals surface area contributed by atoms with E-state index in [1.807, 2.05) is 30.5 Å². The molecule has 0 spiro atoms. The first-order valence-electron chi connectivity index (χ1n) is 12.0. The maximum atomic E-state index is 13.1. The Bertz CT molecular complexity index is 1320. The highest BCUT2D eigenvalue weighted by Gasteiger charge is 2.16. The molecule has 0 unspecified atom stereocenters. The van der Waals surface area contributed by atoms with Crippen molar-refractivity contribution in [1.82, 2.24) is 14.0 Å². The molecule has 0 aliphatic carbocycles. The Balaban J connectivity index is 1.58. The van der Waals surface area contributed by atoms with Gasteiger partial charge in [-0.2, -0.15) is 0 Å². The normalized spacial score (nSPS) is 14.1. The van der Waals surface area contributed by atoms with Gasteiger partial charge in [-0.25, -0.2) is 4.98 Å². The Morgan fingerprint density at radius 2 is 1.68 bits per heavy atom. The molecule has 2 aromatic carbocycles. The summed E-state index contributed by atoms with van der Waals surface area (Å²) in [6, 6.07) is 17.8. The van der Waals surface area contributed by atoms with Crippen LogP contribution in [0.5, 0.6) is 0 Å². The lowest BCUT2D eigenvalue weighted by Crippen LogP contribution is -2.36. The molecule has 1 saturated heterocycles. The van der Waals surface area contributed by atoms with Crippen molar-refractivity contribution in [2.75, 3.05) is 31.2 Å². The van der Waals surface area contributed by atoms with E-state index in [0.717, 1.165) is 74.6 Å². The number of imidazole rings is 1. The maximum Gasteiger partial charge on any atom is 0.259 e. The fourth-order valence-electron chi connectivity index (χ4n) is 4.50. The molecule has 6 nitrogen and oxygen atoms in total. The van der Waals surface area contributed by atoms with Crippen molar-refractivity contribution in [2.45, 2.75) is 32.7 Å². The smallest absolute Gasteiger partial charge is 0.259 e. The zero-order chi connectivity index (χ0) is 23.5. The van der Waals surface area contributed by atoms with E-state index in [1.165, 1.54) is 5.69 Å². The van der Waals surface area contributed by atoms with E-state index in [9.17, 15) is 4.79 Å². The number of rotatable bonds is 7. The molecule has 0 bridgehead atoms. The van der Waals surface area contributed by atoms with Crippen LogP contribution in [-0.2, 0) is 11.3 Å². The number of morpholine rings is 1. The van der Waals surface area contributed by atoms with Crippen molar-refractivity contribution in [3.63, 3.8) is 0 Å². The summed E-state index contributed by atoms with van der Waals surface area (Å²) in [5.74, 6) is 0.667. The second kappa shape index (κ2) is 10.0. The van der Waals surface area contributed by atoms with E-state index in [2.05, 4.69) is 40.7 Å². The highest BCUT2D eigenvalue weighted by atomic mass is 35.5. The van der Waals surface area contributed by atoms with Gasteiger partial charge < -0.3 is 14.2 Å². The number of unbranched alkanes of at least 4 members (excludes halogenated alkanes) is 2. The number of benzene rings is 2. The van der Waals surface area contributed by atoms with Crippen molar-refractivity contribution < 1.29 is 4.74 Å². The number of hydrogen-bond acceptors (Lipinski definition) is 4. The van der Waals surface area contributed by atoms with Gasteiger partial charge in [0.25, 0.3) is 5.56 Å². The SMILES string of the molecule is CCCCCn1c(-c2ccc(N3CCOCC3)cc2)cc(=O)n2cc(-c3ccc(Cl)cc3)nc12. The molecule has 1 aliphatic rings. The summed E-state index contributed by atoms with van der Waals surface area (Å²) in [4.78, 5) is 20.4. The van der Waals surface area contributed by atoms with E-state index in [0.29, 0.717) is 10.8 Å². The maximum absolute atomic E-state index is 13.1. The minimum Gasteiger partial charge on any atom is -0.378 e. The van der Waals surface area contributed by atoms with Gasteiger partial charge in [-0.1, -0.05) is 55.6 Å². The van der Waals surface area contributed by atoms with Crippen LogP contribution in [0.1, 0.15) is 26.2 Å². The number of ether oxygens (including phenoxy) is 1. The van der Waals surface area contributed by atoms with Crippen LogP contribution in [0, 0.1) is 0 Å². The Labute approximate surface area is 204 Å². The van der Waals surface area contributed by atoms with Crippen LogP contribution in [0.25, 0.3) is 28.3 Å². The van der Waals surface area contributed by atoms with Crippen molar-refractivity contribution in [1.29, 1.82) is 0 Å². The first-order chi connectivity index (χ1) is 16.6. The lowest BCUT2D eigenvalue weighted by atomic mass is 10.1. The highest BCUT2D eigenvalue weighted by molar-refractivity contribution is 6.30. The molecule has 4 aromatic rings. The van der Waals surface area contributed by atoms with Gasteiger partial charge in [0.15, 0.2) is 0 Å². The molecule has 0 saturated carbocycles. The summed E-state index contributed by atoms with van der Waals surface area (Å²) in [5.41, 5.74) is 4.71. The van der Waals surface area contributed by atoms with Gasteiger partial charge in [0.05, 0.1) is 24.6 Å². The molecule has 3 heterocycles. The molecule has 0 radical (unpaired) electrons. The van der Waals surface area contributed by atoms with Crippen molar-refractivity contribution in [2.24, 2.45) is 0 Å². The second-order valence-electron chi connectivity index (χ2n) is 8.68. The monoisotopic (exact) mass is 476 g/mol. The third-order valence-electron chi connectivity index (χ3n) is 6.38. The molecule has 0 amide bonds. The first kappa shape index (κ1) is 22.7. The minimum atomic E-state index is -0.0817. The van der Waals surface area contributed by atoms with Crippen molar-refractivity contribution in [3.05, 3.63) is 76.2 Å². The third-order valence-corrected chi connectivity index (χ3v) is 6.63. The zero-order valence-electron chi connectivity index (χ0n) is 19.4. The fraction of sp³-hybridized carbons (Fsp3) is 0.333. The quantitative estimate of drug-likeness (QED) is 0.330. The van der Waals surface area contributed by atoms with E-state index >= 15 is 0 Å². The molecule has 1 aliphatic heterocycles. The largest absolute Gasteiger partial charge is 0.378 e. The number of fused-ring (bicyclic) bond motifs is 1. The number of nitrogens with zero attached hydrogens (tertiary/aromatic N) is 4. The zero-order valence-corrected chi connectivity index (χ0v) is 20.2. The predicted octanol–water partition coefficient (Wildman–Crippen LogP) is 5.51. The average molecular weight is 477 g/mol. The van der Waals surface area contributed by atoms with E-state index in [4.69, 9.17) is 21.3 Å². The van der Waals surface area contributed by atoms with Gasteiger partial charge in [0.2, 0.25) is 5.78 Å². The van der Waals surface area contributed by atoms with E-state index < -0.39 is 0 Å². The van der Waals surface area contributed by atoms with E-state index in [-0.39, 0.29) is 5.56 Å². The molecule has 1 fully saturated rings. The highest BCUT2D eigenvalue weighted by Crippen LogP contribution is 2.27.